The number of alkyl halides is 5. The fourth-order valence-electron chi connectivity index (χ4n) is 2.91. The van der Waals surface area contributed by atoms with Crippen molar-refractivity contribution in [2.45, 2.75) is 38.8 Å². The van der Waals surface area contributed by atoms with Crippen molar-refractivity contribution in [2.75, 3.05) is 0 Å². The first kappa shape index (κ1) is 24.3. The molecule has 0 spiro atoms. The number of aryl methyl sites for hydroxylation is 3. The van der Waals surface area contributed by atoms with E-state index in [1.54, 1.807) is 18.2 Å². The molecule has 0 radical (unpaired) electrons. The highest BCUT2D eigenvalue weighted by Gasteiger charge is 2.30. The zero-order valence-corrected chi connectivity index (χ0v) is 18.9. The van der Waals surface area contributed by atoms with Crippen molar-refractivity contribution < 1.29 is 26.7 Å². The van der Waals surface area contributed by atoms with E-state index < -0.39 is 23.9 Å². The second-order valence-electron chi connectivity index (χ2n) is 6.82. The molecule has 0 bridgehead atoms. The summed E-state index contributed by atoms with van der Waals surface area (Å²) in [5.74, 6) is 0.646. The van der Waals surface area contributed by atoms with Crippen LogP contribution in [0.2, 0.25) is 5.02 Å². The molecule has 0 fully saturated rings. The summed E-state index contributed by atoms with van der Waals surface area (Å²) in [7, 11) is 0. The zero-order valence-electron chi connectivity index (χ0n) is 16.6. The van der Waals surface area contributed by atoms with Crippen molar-refractivity contribution in [3.8, 4) is 11.6 Å². The van der Waals surface area contributed by atoms with E-state index in [9.17, 15) is 22.0 Å². The van der Waals surface area contributed by atoms with Gasteiger partial charge in [-0.1, -0.05) is 17.7 Å². The number of hydrogen-bond acceptors (Lipinski definition) is 4. The van der Waals surface area contributed by atoms with Crippen molar-refractivity contribution in [1.82, 2.24) is 15.0 Å². The van der Waals surface area contributed by atoms with Gasteiger partial charge >= 0.3 is 6.18 Å². The van der Waals surface area contributed by atoms with Crippen molar-refractivity contribution in [2.24, 2.45) is 0 Å². The van der Waals surface area contributed by atoms with Crippen LogP contribution in [0, 0.1) is 6.92 Å². The molecule has 170 valence electrons. The molecule has 32 heavy (non-hydrogen) atoms. The van der Waals surface area contributed by atoms with Crippen LogP contribution in [-0.2, 0) is 19.0 Å². The molecular formula is C21H16BrClF5N3O. The van der Waals surface area contributed by atoms with Crippen molar-refractivity contribution in [3.63, 3.8) is 0 Å². The number of aromatic nitrogens is 3. The number of hydrogen-bond donors (Lipinski definition) is 0. The molecule has 0 aliphatic heterocycles. The summed E-state index contributed by atoms with van der Waals surface area (Å²) in [5, 5.41) is -0.112. The Hall–Kier alpha value is -2.33. The van der Waals surface area contributed by atoms with Crippen LogP contribution in [0.15, 0.2) is 41.0 Å². The predicted octanol–water partition coefficient (Wildman–Crippen LogP) is 7.52. The van der Waals surface area contributed by atoms with Crippen LogP contribution >= 0.6 is 27.5 Å². The van der Waals surface area contributed by atoms with Gasteiger partial charge in [-0.2, -0.15) is 13.2 Å². The maximum Gasteiger partial charge on any atom is 0.417 e. The Kier molecular flexibility index (Phi) is 7.66. The molecule has 0 saturated heterocycles. The van der Waals surface area contributed by atoms with Gasteiger partial charge < -0.3 is 4.74 Å². The number of pyridine rings is 1. The fourth-order valence-corrected chi connectivity index (χ4v) is 3.68. The lowest BCUT2D eigenvalue weighted by atomic mass is 10.1. The number of rotatable bonds is 7. The largest absolute Gasteiger partial charge is 0.438 e. The monoisotopic (exact) mass is 535 g/mol. The average molecular weight is 537 g/mol. The second kappa shape index (κ2) is 10.1. The Balaban J connectivity index is 1.63. The number of ether oxygens (including phenoxy) is 1. The topological polar surface area (TPSA) is 47.9 Å². The second-order valence-corrected chi connectivity index (χ2v) is 8.05. The third-order valence-corrected chi connectivity index (χ3v) is 5.45. The minimum absolute atomic E-state index is 0.0232. The molecule has 1 aromatic carbocycles. The predicted molar refractivity (Wildman–Crippen MR) is 112 cm³/mol. The summed E-state index contributed by atoms with van der Waals surface area (Å²) in [6.45, 7) is 1.53. The lowest BCUT2D eigenvalue weighted by molar-refractivity contribution is -0.137. The Bertz CT molecular complexity index is 1090. The minimum Gasteiger partial charge on any atom is -0.438 e. The molecule has 0 N–H and O–H groups in total. The zero-order chi connectivity index (χ0) is 23.5. The molecule has 0 amide bonds. The third-order valence-electron chi connectivity index (χ3n) is 4.42. The van der Waals surface area contributed by atoms with Crippen LogP contribution in [0.5, 0.6) is 11.6 Å². The van der Waals surface area contributed by atoms with Gasteiger partial charge in [-0.25, -0.2) is 23.7 Å². The van der Waals surface area contributed by atoms with E-state index in [0.717, 1.165) is 17.7 Å². The molecule has 0 unspecified atom stereocenters. The minimum atomic E-state index is -4.47. The maximum absolute atomic E-state index is 13.0. The van der Waals surface area contributed by atoms with Gasteiger partial charge in [-0.3, -0.25) is 0 Å². The summed E-state index contributed by atoms with van der Waals surface area (Å²) in [5.41, 5.74) is -0.0170. The van der Waals surface area contributed by atoms with Gasteiger partial charge in [0, 0.05) is 12.3 Å². The van der Waals surface area contributed by atoms with Crippen molar-refractivity contribution in [1.29, 1.82) is 0 Å². The standard InChI is InChI=1S/C21H16BrClF5N3O/c1-11-30-15(18(23)19(31-11)20(24)25)4-2-3-12-5-7-16(14(22)9-12)32-17-8-6-13(10-29-17)21(26,27)28/h5-10,20H,2-4H2,1H3. The van der Waals surface area contributed by atoms with Gasteiger partial charge in [0.15, 0.2) is 0 Å². The van der Waals surface area contributed by atoms with E-state index in [-0.39, 0.29) is 16.7 Å². The Morgan fingerprint density at radius 3 is 2.44 bits per heavy atom. The molecule has 2 aromatic heterocycles. The summed E-state index contributed by atoms with van der Waals surface area (Å²) >= 11 is 9.39. The van der Waals surface area contributed by atoms with E-state index in [1.807, 2.05) is 0 Å². The molecule has 4 nitrogen and oxygen atoms in total. The smallest absolute Gasteiger partial charge is 0.417 e. The van der Waals surface area contributed by atoms with Crippen LogP contribution < -0.4 is 4.74 Å². The Morgan fingerprint density at radius 1 is 1.09 bits per heavy atom. The molecule has 0 aliphatic rings. The summed E-state index contributed by atoms with van der Waals surface area (Å²) < 4.78 is 70.1. The fraction of sp³-hybridized carbons (Fsp3) is 0.286. The van der Waals surface area contributed by atoms with Crippen LogP contribution in [0.3, 0.4) is 0 Å². The molecule has 3 rings (SSSR count). The Morgan fingerprint density at radius 2 is 1.84 bits per heavy atom. The van der Waals surface area contributed by atoms with E-state index in [1.165, 1.54) is 6.92 Å². The van der Waals surface area contributed by atoms with Gasteiger partial charge in [-0.15, -0.1) is 0 Å². The lowest BCUT2D eigenvalue weighted by Gasteiger charge is -2.11. The van der Waals surface area contributed by atoms with Gasteiger partial charge in [-0.05, 0) is 65.9 Å². The molecule has 0 saturated carbocycles. The molecule has 0 atom stereocenters. The lowest BCUT2D eigenvalue weighted by Crippen LogP contribution is -2.05. The summed E-state index contributed by atoms with van der Waals surface area (Å²) in [6.07, 6.45) is -4.92. The van der Waals surface area contributed by atoms with E-state index >= 15 is 0 Å². The highest BCUT2D eigenvalue weighted by Crippen LogP contribution is 2.33. The summed E-state index contributed by atoms with van der Waals surface area (Å²) in [6, 6.07) is 7.29. The first-order chi connectivity index (χ1) is 15.0. The maximum atomic E-state index is 13.0. The van der Waals surface area contributed by atoms with E-state index in [0.29, 0.717) is 41.4 Å². The third kappa shape index (κ3) is 6.13. The van der Waals surface area contributed by atoms with Gasteiger partial charge in [0.05, 0.1) is 20.8 Å². The Labute approximate surface area is 194 Å². The van der Waals surface area contributed by atoms with Crippen LogP contribution in [0.4, 0.5) is 22.0 Å². The molecular weight excluding hydrogens is 521 g/mol. The van der Waals surface area contributed by atoms with E-state index in [4.69, 9.17) is 16.3 Å². The van der Waals surface area contributed by atoms with Crippen molar-refractivity contribution in [3.05, 3.63) is 74.4 Å². The average Bonchev–Trinajstić information content (AvgIpc) is 2.71. The number of nitrogens with zero attached hydrogens (tertiary/aromatic N) is 3. The number of benzene rings is 1. The highest BCUT2D eigenvalue weighted by molar-refractivity contribution is 9.10. The first-order valence-corrected chi connectivity index (χ1v) is 10.5. The van der Waals surface area contributed by atoms with Crippen LogP contribution in [0.1, 0.15) is 41.2 Å². The molecule has 11 heteroatoms. The highest BCUT2D eigenvalue weighted by atomic mass is 79.9. The van der Waals surface area contributed by atoms with Crippen LogP contribution in [0.25, 0.3) is 0 Å². The normalized spacial score (nSPS) is 11.8. The van der Waals surface area contributed by atoms with Gasteiger partial charge in [0.1, 0.15) is 17.3 Å². The van der Waals surface area contributed by atoms with E-state index in [2.05, 4.69) is 30.9 Å². The van der Waals surface area contributed by atoms with Crippen molar-refractivity contribution >= 4 is 27.5 Å². The first-order valence-electron chi connectivity index (χ1n) is 9.35. The SMILES string of the molecule is Cc1nc(CCCc2ccc(Oc3ccc(C(F)(F)F)cn3)c(Br)c2)c(Cl)c(C(F)F)n1. The molecule has 0 aliphatic carbocycles. The number of halogens is 7. The van der Waals surface area contributed by atoms with Gasteiger partial charge in [0.25, 0.3) is 6.43 Å². The summed E-state index contributed by atoms with van der Waals surface area (Å²) in [4.78, 5) is 11.5. The van der Waals surface area contributed by atoms with Gasteiger partial charge in [0.2, 0.25) is 5.88 Å². The molecule has 3 aromatic rings. The quantitative estimate of drug-likeness (QED) is 0.293. The van der Waals surface area contributed by atoms with Crippen LogP contribution in [-0.4, -0.2) is 15.0 Å². The molecule has 2 heterocycles.